The first-order valence-electron chi connectivity index (χ1n) is 11.0. The zero-order valence-electron chi connectivity index (χ0n) is 19.0. The van der Waals surface area contributed by atoms with Gasteiger partial charge in [0.15, 0.2) is 5.76 Å². The Bertz CT molecular complexity index is 1310. The van der Waals surface area contributed by atoms with E-state index in [4.69, 9.17) is 4.42 Å². The summed E-state index contributed by atoms with van der Waals surface area (Å²) >= 11 is 0. The molecule has 7 nitrogen and oxygen atoms in total. The molecule has 0 atom stereocenters. The Morgan fingerprint density at radius 3 is 2.55 bits per heavy atom. The van der Waals surface area contributed by atoms with Crippen molar-refractivity contribution in [2.75, 3.05) is 11.4 Å². The van der Waals surface area contributed by atoms with Gasteiger partial charge in [0.1, 0.15) is 5.76 Å². The van der Waals surface area contributed by atoms with Gasteiger partial charge in [-0.15, -0.1) is 0 Å². The number of carbonyl (C=O) groups is 1. The van der Waals surface area contributed by atoms with E-state index in [9.17, 15) is 13.2 Å². The molecule has 4 rings (SSSR count). The van der Waals surface area contributed by atoms with Crippen LogP contribution in [0.1, 0.15) is 52.8 Å². The van der Waals surface area contributed by atoms with Crippen molar-refractivity contribution in [2.45, 2.75) is 44.9 Å². The monoisotopic (exact) mass is 465 g/mol. The van der Waals surface area contributed by atoms with Crippen LogP contribution in [0, 0.1) is 13.8 Å². The van der Waals surface area contributed by atoms with E-state index in [1.165, 1.54) is 12.1 Å². The maximum atomic E-state index is 13.4. The predicted octanol–water partition coefficient (Wildman–Crippen LogP) is 4.58. The Kier molecular flexibility index (Phi) is 6.37. The van der Waals surface area contributed by atoms with Crippen molar-refractivity contribution in [1.82, 2.24) is 4.83 Å². The molecule has 0 radical (unpaired) electrons. The van der Waals surface area contributed by atoms with Crippen LogP contribution in [0.2, 0.25) is 0 Å². The number of amides is 1. The van der Waals surface area contributed by atoms with E-state index in [2.05, 4.69) is 9.93 Å². The van der Waals surface area contributed by atoms with Crippen LogP contribution in [0.3, 0.4) is 0 Å². The highest BCUT2D eigenvalue weighted by atomic mass is 32.2. The molecule has 172 valence electrons. The van der Waals surface area contributed by atoms with Gasteiger partial charge >= 0.3 is 0 Å². The van der Waals surface area contributed by atoms with Crippen molar-refractivity contribution < 1.29 is 17.6 Å². The second kappa shape index (κ2) is 9.23. The number of anilines is 1. The van der Waals surface area contributed by atoms with Crippen LogP contribution >= 0.6 is 0 Å². The third-order valence-electron chi connectivity index (χ3n) is 5.75. The molecule has 0 spiro atoms. The van der Waals surface area contributed by atoms with E-state index in [1.807, 2.05) is 45.0 Å². The molecule has 1 amide bonds. The summed E-state index contributed by atoms with van der Waals surface area (Å²) in [6.45, 7) is 6.22. The molecule has 1 N–H and O–H groups in total. The van der Waals surface area contributed by atoms with E-state index in [-0.39, 0.29) is 16.6 Å². The lowest BCUT2D eigenvalue weighted by molar-refractivity contribution is 0.0959. The van der Waals surface area contributed by atoms with Crippen LogP contribution in [-0.2, 0) is 16.4 Å². The molecule has 1 aliphatic rings. The van der Waals surface area contributed by atoms with Gasteiger partial charge in [-0.05, 0) is 63.4 Å². The maximum absolute atomic E-state index is 13.4. The summed E-state index contributed by atoms with van der Waals surface area (Å²) in [5.41, 5.74) is 3.85. The fraction of sp³-hybridized carbons (Fsp3) is 0.280. The zero-order chi connectivity index (χ0) is 23.6. The summed E-state index contributed by atoms with van der Waals surface area (Å²) in [5.74, 6) is 0.711. The molecule has 3 aromatic rings. The number of rotatable bonds is 6. The van der Waals surface area contributed by atoms with Crippen LogP contribution in [-0.4, -0.2) is 26.6 Å². The van der Waals surface area contributed by atoms with Crippen molar-refractivity contribution in [3.8, 4) is 0 Å². The van der Waals surface area contributed by atoms with Gasteiger partial charge in [-0.1, -0.05) is 30.3 Å². The van der Waals surface area contributed by atoms with Crippen molar-refractivity contribution in [2.24, 2.45) is 5.10 Å². The molecule has 0 saturated carbocycles. The molecule has 1 aromatic heterocycles. The SMILES string of the molecule is CCN(C(=O)c1oc2c(c1C)/C(=N/NS(=O)(=O)c1ccccc1)CCC2)c1cccc(C)c1. The minimum atomic E-state index is -3.79. The van der Waals surface area contributed by atoms with Crippen molar-refractivity contribution in [3.05, 3.63) is 82.8 Å². The molecular weight excluding hydrogens is 438 g/mol. The van der Waals surface area contributed by atoms with Crippen LogP contribution in [0.4, 0.5) is 5.69 Å². The van der Waals surface area contributed by atoms with Gasteiger partial charge in [0.25, 0.3) is 15.9 Å². The third-order valence-corrected chi connectivity index (χ3v) is 6.97. The Labute approximate surface area is 194 Å². The maximum Gasteiger partial charge on any atom is 0.294 e. The van der Waals surface area contributed by atoms with E-state index in [1.54, 1.807) is 23.1 Å². The highest BCUT2D eigenvalue weighted by molar-refractivity contribution is 7.89. The molecule has 33 heavy (non-hydrogen) atoms. The zero-order valence-corrected chi connectivity index (χ0v) is 19.8. The first-order valence-corrected chi connectivity index (χ1v) is 12.4. The highest BCUT2D eigenvalue weighted by Crippen LogP contribution is 2.31. The van der Waals surface area contributed by atoms with Crippen LogP contribution < -0.4 is 9.73 Å². The number of aryl methyl sites for hydroxylation is 2. The van der Waals surface area contributed by atoms with E-state index < -0.39 is 10.0 Å². The number of nitrogens with zero attached hydrogens (tertiary/aromatic N) is 2. The predicted molar refractivity (Wildman–Crippen MR) is 128 cm³/mol. The van der Waals surface area contributed by atoms with E-state index in [0.29, 0.717) is 36.4 Å². The molecule has 0 saturated heterocycles. The first kappa shape index (κ1) is 22.8. The molecule has 1 aliphatic carbocycles. The third kappa shape index (κ3) is 4.57. The molecule has 8 heteroatoms. The second-order valence-corrected chi connectivity index (χ2v) is 9.72. The van der Waals surface area contributed by atoms with Gasteiger partial charge in [-0.3, -0.25) is 4.79 Å². The van der Waals surface area contributed by atoms with Crippen molar-refractivity contribution in [3.63, 3.8) is 0 Å². The second-order valence-electron chi connectivity index (χ2n) is 8.06. The van der Waals surface area contributed by atoms with Crippen molar-refractivity contribution in [1.29, 1.82) is 0 Å². The summed E-state index contributed by atoms with van der Waals surface area (Å²) < 4.78 is 31.2. The van der Waals surface area contributed by atoms with Gasteiger partial charge in [-0.25, -0.2) is 0 Å². The minimum Gasteiger partial charge on any atom is -0.455 e. The lowest BCUT2D eigenvalue weighted by Crippen LogP contribution is -2.31. The Hall–Kier alpha value is -3.39. The largest absolute Gasteiger partial charge is 0.455 e. The fourth-order valence-electron chi connectivity index (χ4n) is 4.11. The average Bonchev–Trinajstić information content (AvgIpc) is 3.16. The fourth-order valence-corrected chi connectivity index (χ4v) is 4.96. The summed E-state index contributed by atoms with van der Waals surface area (Å²) in [4.78, 5) is 17.6. The molecule has 0 unspecified atom stereocenters. The quantitative estimate of drug-likeness (QED) is 0.539. The molecule has 2 aromatic carbocycles. The minimum absolute atomic E-state index is 0.141. The Balaban J connectivity index is 1.66. The number of fused-ring (bicyclic) bond motifs is 1. The highest BCUT2D eigenvalue weighted by Gasteiger charge is 2.30. The van der Waals surface area contributed by atoms with Crippen LogP contribution in [0.5, 0.6) is 0 Å². The number of hydrogen-bond acceptors (Lipinski definition) is 5. The number of nitrogens with one attached hydrogen (secondary N) is 1. The number of hydrazone groups is 1. The smallest absolute Gasteiger partial charge is 0.294 e. The lowest BCUT2D eigenvalue weighted by Gasteiger charge is -2.20. The topological polar surface area (TPSA) is 92.0 Å². The van der Waals surface area contributed by atoms with Gasteiger partial charge in [0.05, 0.1) is 10.6 Å². The number of sulfonamides is 1. The number of furan rings is 1. The van der Waals surface area contributed by atoms with E-state index in [0.717, 1.165) is 23.2 Å². The summed E-state index contributed by atoms with van der Waals surface area (Å²) in [6, 6.07) is 15.9. The normalized spacial score (nSPS) is 14.7. The van der Waals surface area contributed by atoms with Gasteiger partial charge in [0, 0.05) is 29.8 Å². The summed E-state index contributed by atoms with van der Waals surface area (Å²) in [5, 5.41) is 4.23. The molecule has 0 aliphatic heterocycles. The number of carbonyl (C=O) groups excluding carboxylic acids is 1. The van der Waals surface area contributed by atoms with E-state index >= 15 is 0 Å². The summed E-state index contributed by atoms with van der Waals surface area (Å²) in [6.07, 6.45) is 2.02. The first-order chi connectivity index (χ1) is 15.8. The molecule has 0 bridgehead atoms. The number of hydrogen-bond donors (Lipinski definition) is 1. The summed E-state index contributed by atoms with van der Waals surface area (Å²) in [7, 11) is -3.79. The van der Waals surface area contributed by atoms with Crippen molar-refractivity contribution >= 4 is 27.3 Å². The van der Waals surface area contributed by atoms with Gasteiger partial charge in [0.2, 0.25) is 0 Å². The number of benzene rings is 2. The van der Waals surface area contributed by atoms with Gasteiger partial charge < -0.3 is 9.32 Å². The average molecular weight is 466 g/mol. The lowest BCUT2D eigenvalue weighted by atomic mass is 9.93. The van der Waals surface area contributed by atoms with Gasteiger partial charge in [-0.2, -0.15) is 18.4 Å². The van der Waals surface area contributed by atoms with Crippen LogP contribution in [0.15, 0.2) is 69.0 Å². The van der Waals surface area contributed by atoms with Crippen LogP contribution in [0.25, 0.3) is 0 Å². The molecule has 0 fully saturated rings. The molecule has 1 heterocycles. The Morgan fingerprint density at radius 2 is 1.85 bits per heavy atom. The Morgan fingerprint density at radius 1 is 1.09 bits per heavy atom. The molecular formula is C25H27N3O4S. The standard InChI is InChI=1S/C25H27N3O4S/c1-4-28(19-11-8-10-17(2)16-19)25(29)24-18(3)23-21(14-9-15-22(23)32-24)26-27-33(30,31)20-12-6-5-7-13-20/h5-8,10-13,16,27H,4,9,14-15H2,1-3H3/b26-21+.